The Kier molecular flexibility index (Phi) is 6.13. The van der Waals surface area contributed by atoms with Crippen molar-refractivity contribution in [1.82, 2.24) is 24.8 Å². The molecule has 0 saturated heterocycles. The summed E-state index contributed by atoms with van der Waals surface area (Å²) < 4.78 is 15.6. The normalized spacial score (nSPS) is 12.2. The first-order chi connectivity index (χ1) is 14.6. The molecule has 1 amide bonds. The van der Waals surface area contributed by atoms with Gasteiger partial charge >= 0.3 is 0 Å². The summed E-state index contributed by atoms with van der Waals surface area (Å²) in [6.45, 7) is 0. The van der Waals surface area contributed by atoms with Gasteiger partial charge in [-0.05, 0) is 36.2 Å². The second-order valence-electron chi connectivity index (χ2n) is 6.96. The van der Waals surface area contributed by atoms with E-state index in [9.17, 15) is 9.18 Å². The Hall–Kier alpha value is -3.13. The third-order valence-electron chi connectivity index (χ3n) is 4.76. The summed E-state index contributed by atoms with van der Waals surface area (Å²) in [6.07, 6.45) is 4.53. The van der Waals surface area contributed by atoms with Crippen molar-refractivity contribution >= 4 is 28.7 Å². The first-order valence-electron chi connectivity index (χ1n) is 9.70. The fourth-order valence-electron chi connectivity index (χ4n) is 3.27. The molecular weight excluding hydrogens is 401 g/mol. The predicted molar refractivity (Wildman–Crippen MR) is 116 cm³/mol. The van der Waals surface area contributed by atoms with Gasteiger partial charge in [0.15, 0.2) is 5.16 Å². The Morgan fingerprint density at radius 3 is 2.90 bits per heavy atom. The number of halogens is 1. The van der Waals surface area contributed by atoms with E-state index in [1.54, 1.807) is 36.3 Å². The SMILES string of the molecule is Cn1ccnc1[C@@H](NC(=O)CCCSc1nc2ccccc2[nH]1)c1cccc(F)c1. The van der Waals surface area contributed by atoms with Gasteiger partial charge in [-0.25, -0.2) is 14.4 Å². The van der Waals surface area contributed by atoms with Crippen LogP contribution in [0.4, 0.5) is 4.39 Å². The quantitative estimate of drug-likeness (QED) is 0.329. The number of para-hydroxylation sites is 2. The van der Waals surface area contributed by atoms with Crippen LogP contribution in [-0.4, -0.2) is 31.2 Å². The number of aromatic amines is 1. The molecule has 6 nitrogen and oxygen atoms in total. The van der Waals surface area contributed by atoms with Gasteiger partial charge in [0.25, 0.3) is 0 Å². The summed E-state index contributed by atoms with van der Waals surface area (Å²) in [6, 6.07) is 13.6. The first-order valence-corrected chi connectivity index (χ1v) is 10.7. The van der Waals surface area contributed by atoms with E-state index in [2.05, 4.69) is 20.3 Å². The molecule has 4 aromatic rings. The fraction of sp³-hybridized carbons (Fsp3) is 0.227. The Morgan fingerprint density at radius 1 is 1.27 bits per heavy atom. The van der Waals surface area contributed by atoms with Crippen molar-refractivity contribution in [3.05, 3.63) is 78.1 Å². The Balaban J connectivity index is 1.35. The van der Waals surface area contributed by atoms with Crippen molar-refractivity contribution in [2.45, 2.75) is 24.0 Å². The molecule has 0 aliphatic carbocycles. The number of carbonyl (C=O) groups is 1. The van der Waals surface area contributed by atoms with E-state index in [0.29, 0.717) is 24.2 Å². The predicted octanol–water partition coefficient (Wildman–Crippen LogP) is 4.21. The maximum absolute atomic E-state index is 13.7. The molecular formula is C22H22FN5OS. The van der Waals surface area contributed by atoms with E-state index in [1.807, 2.05) is 35.9 Å². The van der Waals surface area contributed by atoms with Crippen LogP contribution in [0, 0.1) is 5.82 Å². The van der Waals surface area contributed by atoms with Crippen molar-refractivity contribution in [3.63, 3.8) is 0 Å². The number of fused-ring (bicyclic) bond motifs is 1. The van der Waals surface area contributed by atoms with Crippen LogP contribution in [0.25, 0.3) is 11.0 Å². The number of aromatic nitrogens is 4. The van der Waals surface area contributed by atoms with Gasteiger partial charge in [-0.2, -0.15) is 0 Å². The highest BCUT2D eigenvalue weighted by atomic mass is 32.2. The summed E-state index contributed by atoms with van der Waals surface area (Å²) in [4.78, 5) is 24.7. The van der Waals surface area contributed by atoms with Crippen molar-refractivity contribution < 1.29 is 9.18 Å². The van der Waals surface area contributed by atoms with E-state index < -0.39 is 6.04 Å². The summed E-state index contributed by atoms with van der Waals surface area (Å²) in [5, 5.41) is 3.85. The molecule has 2 aromatic carbocycles. The summed E-state index contributed by atoms with van der Waals surface area (Å²) in [5.41, 5.74) is 2.60. The molecule has 0 saturated carbocycles. The average molecular weight is 424 g/mol. The molecule has 0 radical (unpaired) electrons. The smallest absolute Gasteiger partial charge is 0.220 e. The van der Waals surface area contributed by atoms with Gasteiger partial charge in [-0.15, -0.1) is 0 Å². The number of rotatable bonds is 8. The van der Waals surface area contributed by atoms with Crippen LogP contribution in [-0.2, 0) is 11.8 Å². The molecule has 154 valence electrons. The zero-order valence-electron chi connectivity index (χ0n) is 16.5. The Morgan fingerprint density at radius 2 is 2.13 bits per heavy atom. The standard InChI is InChI=1S/C22H22FN5OS/c1-28-12-11-24-21(28)20(15-6-4-7-16(23)14-15)27-19(29)10-5-13-30-22-25-17-8-2-3-9-18(17)26-22/h2-4,6-9,11-12,14,20H,5,10,13H2,1H3,(H,25,26)(H,27,29)/t20-/m0/s1. The second-order valence-corrected chi connectivity index (χ2v) is 8.05. The molecule has 30 heavy (non-hydrogen) atoms. The van der Waals surface area contributed by atoms with Gasteiger partial charge in [0.2, 0.25) is 5.91 Å². The van der Waals surface area contributed by atoms with Crippen molar-refractivity contribution in [3.8, 4) is 0 Å². The van der Waals surface area contributed by atoms with Crippen molar-refractivity contribution in [2.75, 3.05) is 5.75 Å². The minimum Gasteiger partial charge on any atom is -0.342 e. The first kappa shape index (κ1) is 20.2. The molecule has 0 fully saturated rings. The highest BCUT2D eigenvalue weighted by Gasteiger charge is 2.21. The number of thioether (sulfide) groups is 1. The number of H-pyrrole nitrogens is 1. The molecule has 0 spiro atoms. The number of carbonyl (C=O) groups excluding carboxylic acids is 1. The number of hydrogen-bond acceptors (Lipinski definition) is 4. The number of aryl methyl sites for hydroxylation is 1. The second kappa shape index (κ2) is 9.13. The van der Waals surface area contributed by atoms with Crippen molar-refractivity contribution in [1.29, 1.82) is 0 Å². The number of amides is 1. The van der Waals surface area contributed by atoms with E-state index in [1.165, 1.54) is 12.1 Å². The maximum Gasteiger partial charge on any atom is 0.220 e. The third kappa shape index (κ3) is 4.71. The lowest BCUT2D eigenvalue weighted by molar-refractivity contribution is -0.121. The van der Waals surface area contributed by atoms with E-state index in [4.69, 9.17) is 0 Å². The van der Waals surface area contributed by atoms with Crippen LogP contribution < -0.4 is 5.32 Å². The van der Waals surface area contributed by atoms with Crippen LogP contribution in [0.1, 0.15) is 30.3 Å². The lowest BCUT2D eigenvalue weighted by atomic mass is 10.1. The summed E-state index contributed by atoms with van der Waals surface area (Å²) in [7, 11) is 1.85. The highest BCUT2D eigenvalue weighted by Crippen LogP contribution is 2.23. The molecule has 2 N–H and O–H groups in total. The molecule has 1 atom stereocenters. The van der Waals surface area contributed by atoms with Gasteiger partial charge in [-0.1, -0.05) is 36.0 Å². The largest absolute Gasteiger partial charge is 0.342 e. The summed E-state index contributed by atoms with van der Waals surface area (Å²) >= 11 is 1.59. The topological polar surface area (TPSA) is 75.6 Å². The molecule has 0 unspecified atom stereocenters. The molecule has 0 aliphatic rings. The zero-order chi connectivity index (χ0) is 20.9. The van der Waals surface area contributed by atoms with Crippen molar-refractivity contribution in [2.24, 2.45) is 7.05 Å². The molecule has 4 rings (SSSR count). The number of nitrogens with one attached hydrogen (secondary N) is 2. The minimum atomic E-state index is -0.503. The molecule has 8 heteroatoms. The van der Waals surface area contributed by atoms with Gasteiger partial charge in [0.05, 0.1) is 11.0 Å². The number of nitrogens with zero attached hydrogens (tertiary/aromatic N) is 3. The molecule has 0 aliphatic heterocycles. The Bertz CT molecular complexity index is 1120. The molecule has 0 bridgehead atoms. The Labute approximate surface area is 177 Å². The lowest BCUT2D eigenvalue weighted by Gasteiger charge is -2.19. The van der Waals surface area contributed by atoms with Crippen LogP contribution in [0.15, 0.2) is 66.1 Å². The highest BCUT2D eigenvalue weighted by molar-refractivity contribution is 7.99. The maximum atomic E-state index is 13.7. The van der Waals surface area contributed by atoms with Crippen LogP contribution >= 0.6 is 11.8 Å². The van der Waals surface area contributed by atoms with E-state index in [-0.39, 0.29) is 11.7 Å². The minimum absolute atomic E-state index is 0.0996. The third-order valence-corrected chi connectivity index (χ3v) is 5.72. The van der Waals surface area contributed by atoms with Crippen LogP contribution in [0.5, 0.6) is 0 Å². The number of hydrogen-bond donors (Lipinski definition) is 2. The number of benzene rings is 2. The summed E-state index contributed by atoms with van der Waals surface area (Å²) in [5.74, 6) is 0.978. The zero-order valence-corrected chi connectivity index (χ0v) is 17.3. The molecule has 2 aromatic heterocycles. The van der Waals surface area contributed by atoms with Crippen LogP contribution in [0.3, 0.4) is 0 Å². The average Bonchev–Trinajstić information content (AvgIpc) is 3.35. The van der Waals surface area contributed by atoms with E-state index >= 15 is 0 Å². The van der Waals surface area contributed by atoms with Gasteiger partial charge in [-0.3, -0.25) is 4.79 Å². The fourth-order valence-corrected chi connectivity index (χ4v) is 4.10. The van der Waals surface area contributed by atoms with Crippen LogP contribution in [0.2, 0.25) is 0 Å². The van der Waals surface area contributed by atoms with Gasteiger partial charge < -0.3 is 14.9 Å². The number of imidazole rings is 2. The lowest BCUT2D eigenvalue weighted by Crippen LogP contribution is -2.31. The van der Waals surface area contributed by atoms with E-state index in [0.717, 1.165) is 21.9 Å². The molecule has 2 heterocycles. The van der Waals surface area contributed by atoms with Gasteiger partial charge in [0.1, 0.15) is 17.7 Å². The monoisotopic (exact) mass is 423 g/mol. The van der Waals surface area contributed by atoms with Gasteiger partial charge in [0, 0.05) is 31.6 Å².